The third-order valence-electron chi connectivity index (χ3n) is 2.69. The fourth-order valence-electron chi connectivity index (χ4n) is 1.60. The largest absolute Gasteiger partial charge is 0.548 e. The summed E-state index contributed by atoms with van der Waals surface area (Å²) in [4.78, 5) is 22.9. The molecule has 0 aromatic carbocycles. The summed E-state index contributed by atoms with van der Waals surface area (Å²) in [6.45, 7) is 5.95. The second kappa shape index (κ2) is 6.44. The summed E-state index contributed by atoms with van der Waals surface area (Å²) in [5.41, 5.74) is -0.771. The first kappa shape index (κ1) is 14.9. The molecule has 1 amide bonds. The minimum absolute atomic E-state index is 0.0135. The van der Waals surface area contributed by atoms with Gasteiger partial charge in [0.25, 0.3) is 5.91 Å². The number of carboxylic acid groups (broad SMARTS) is 1. The zero-order chi connectivity index (χ0) is 12.8. The Morgan fingerprint density at radius 1 is 1.44 bits per heavy atom. The first-order valence-electron chi connectivity index (χ1n) is 5.30. The molecule has 0 aromatic rings. The van der Waals surface area contributed by atoms with Crippen LogP contribution in [0.25, 0.3) is 0 Å². The lowest BCUT2D eigenvalue weighted by molar-refractivity contribution is -0.936. The molecule has 0 aliphatic heterocycles. The predicted octanol–water partition coefficient (Wildman–Crippen LogP) is -3.47. The molecule has 0 radical (unpaired) electrons. The second-order valence-electron chi connectivity index (χ2n) is 4.11. The van der Waals surface area contributed by atoms with Gasteiger partial charge in [-0.3, -0.25) is 4.79 Å². The first-order valence-corrected chi connectivity index (χ1v) is 5.30. The fourth-order valence-corrected chi connectivity index (χ4v) is 1.60. The number of hydrogen-bond acceptors (Lipinski definition) is 4. The highest BCUT2D eigenvalue weighted by molar-refractivity contribution is 5.86. The number of aliphatic hydroxyl groups excluding tert-OH is 1. The lowest BCUT2D eigenvalue weighted by Gasteiger charge is -2.32. The number of carbonyl (C=O) groups excluding carboxylic acids is 2. The van der Waals surface area contributed by atoms with Gasteiger partial charge in [-0.1, -0.05) is 0 Å². The topological polar surface area (TPSA) is 93.9 Å². The van der Waals surface area contributed by atoms with E-state index in [0.717, 1.165) is 4.90 Å². The van der Waals surface area contributed by atoms with Crippen molar-refractivity contribution in [3.63, 3.8) is 0 Å². The van der Waals surface area contributed by atoms with Crippen molar-refractivity contribution in [3.05, 3.63) is 0 Å². The maximum absolute atomic E-state index is 11.7. The average molecular weight is 232 g/mol. The maximum atomic E-state index is 11.7. The number of aliphatic hydroxyl groups is 1. The summed E-state index contributed by atoms with van der Waals surface area (Å²) in [5, 5.41) is 21.4. The molecule has 0 aliphatic carbocycles. The predicted molar refractivity (Wildman–Crippen MR) is 55.6 cm³/mol. The second-order valence-corrected chi connectivity index (χ2v) is 4.11. The average Bonchev–Trinajstić information content (AvgIpc) is 2.21. The van der Waals surface area contributed by atoms with E-state index in [4.69, 9.17) is 5.11 Å². The molecule has 0 heterocycles. The Labute approximate surface area is 95.2 Å². The van der Waals surface area contributed by atoms with Crippen LogP contribution in [-0.4, -0.2) is 48.8 Å². The van der Waals surface area contributed by atoms with Gasteiger partial charge in [-0.25, -0.2) is 0 Å². The van der Waals surface area contributed by atoms with Gasteiger partial charge in [0.05, 0.1) is 25.7 Å². The van der Waals surface area contributed by atoms with E-state index in [1.165, 1.54) is 0 Å². The van der Waals surface area contributed by atoms with Crippen molar-refractivity contribution in [1.82, 2.24) is 5.32 Å². The first-order chi connectivity index (χ1) is 7.36. The molecule has 1 atom stereocenters. The van der Waals surface area contributed by atoms with Gasteiger partial charge < -0.3 is 25.2 Å². The van der Waals surface area contributed by atoms with Crippen LogP contribution in [0.3, 0.4) is 0 Å². The van der Waals surface area contributed by atoms with Crippen molar-refractivity contribution in [2.75, 3.05) is 26.2 Å². The molecule has 6 heteroatoms. The van der Waals surface area contributed by atoms with E-state index in [0.29, 0.717) is 13.1 Å². The Balaban J connectivity index is 4.48. The molecule has 0 saturated heterocycles. The highest BCUT2D eigenvalue weighted by Crippen LogP contribution is 1.96. The van der Waals surface area contributed by atoms with Crippen LogP contribution in [0.15, 0.2) is 0 Å². The van der Waals surface area contributed by atoms with Crippen molar-refractivity contribution in [2.24, 2.45) is 0 Å². The minimum Gasteiger partial charge on any atom is -0.548 e. The Bertz CT molecular complexity index is 253. The van der Waals surface area contributed by atoms with Gasteiger partial charge in [-0.15, -0.1) is 0 Å². The summed E-state index contributed by atoms with van der Waals surface area (Å²) in [6.07, 6.45) is 0. The normalized spacial score (nSPS) is 13.2. The summed E-state index contributed by atoms with van der Waals surface area (Å²) >= 11 is 0. The van der Waals surface area contributed by atoms with E-state index >= 15 is 0 Å². The van der Waals surface area contributed by atoms with Crippen LogP contribution in [0.1, 0.15) is 20.8 Å². The van der Waals surface area contributed by atoms with E-state index in [1.807, 2.05) is 6.92 Å². The van der Waals surface area contributed by atoms with Crippen LogP contribution in [0.4, 0.5) is 0 Å². The summed E-state index contributed by atoms with van der Waals surface area (Å²) in [6, 6.07) is 0. The molecule has 0 spiro atoms. The molecule has 0 fully saturated rings. The molecule has 0 bridgehead atoms. The van der Waals surface area contributed by atoms with E-state index in [-0.39, 0.29) is 12.5 Å². The Hall–Kier alpha value is -1.14. The summed E-state index contributed by atoms with van der Waals surface area (Å²) in [7, 11) is 0. The lowest BCUT2D eigenvalue weighted by Crippen LogP contribution is -3.21. The fraction of sp³-hybridized carbons (Fsp3) is 0.800. The molecule has 0 saturated carbocycles. The zero-order valence-electron chi connectivity index (χ0n) is 10.0. The van der Waals surface area contributed by atoms with E-state index < -0.39 is 18.1 Å². The number of hydrogen-bond donors (Lipinski definition) is 3. The number of quaternary nitrogens is 1. The smallest absolute Gasteiger partial charge is 0.281 e. The Morgan fingerprint density at radius 2 is 2.00 bits per heavy atom. The van der Waals surface area contributed by atoms with E-state index in [9.17, 15) is 14.7 Å². The molecule has 6 nitrogen and oxygen atoms in total. The molecule has 0 aliphatic rings. The number of aliphatic carboxylic acids is 1. The van der Waals surface area contributed by atoms with Crippen LogP contribution in [0, 0.1) is 0 Å². The van der Waals surface area contributed by atoms with E-state index in [2.05, 4.69) is 5.32 Å². The van der Waals surface area contributed by atoms with Crippen LogP contribution in [0.5, 0.6) is 0 Å². The molecule has 3 N–H and O–H groups in total. The summed E-state index contributed by atoms with van der Waals surface area (Å²) < 4.78 is 0. The molecule has 94 valence electrons. The zero-order valence-corrected chi connectivity index (χ0v) is 10.0. The number of nitrogens with one attached hydrogen (secondary N) is 2. The number of amides is 1. The van der Waals surface area contributed by atoms with Crippen molar-refractivity contribution in [3.8, 4) is 0 Å². The van der Waals surface area contributed by atoms with Crippen molar-refractivity contribution < 1.29 is 24.7 Å². The Kier molecular flexibility index (Phi) is 5.98. The number of likely N-dealkylation sites (N-methyl/N-ethyl adjacent to an activating group) is 1. The highest BCUT2D eigenvalue weighted by Gasteiger charge is 2.37. The third kappa shape index (κ3) is 4.16. The molecule has 16 heavy (non-hydrogen) atoms. The van der Waals surface area contributed by atoms with Gasteiger partial charge in [0.1, 0.15) is 6.54 Å². The van der Waals surface area contributed by atoms with Crippen LogP contribution < -0.4 is 15.3 Å². The van der Waals surface area contributed by atoms with Gasteiger partial charge in [0.2, 0.25) is 0 Å². The standard InChI is InChI=1S/C10H20N2O4/c1-4-12(5-6-13)10(2,3)9(16)11-7-8(14)15/h13H,4-7H2,1-3H3,(H,11,16)(H,14,15). The SMILES string of the molecule is CC[NH+](CCO)C(C)(C)C(=O)NCC(=O)[O-]. The van der Waals surface area contributed by atoms with Crippen LogP contribution in [-0.2, 0) is 9.59 Å². The quantitative estimate of drug-likeness (QED) is 0.425. The van der Waals surface area contributed by atoms with Crippen molar-refractivity contribution >= 4 is 11.9 Å². The van der Waals surface area contributed by atoms with E-state index in [1.54, 1.807) is 13.8 Å². The van der Waals surface area contributed by atoms with Gasteiger partial charge >= 0.3 is 0 Å². The molecule has 0 rings (SSSR count). The number of carboxylic acids is 1. The molecule has 1 unspecified atom stereocenters. The van der Waals surface area contributed by atoms with Gasteiger partial charge in [0.15, 0.2) is 5.54 Å². The third-order valence-corrected chi connectivity index (χ3v) is 2.69. The molecular formula is C10H20N2O4. The summed E-state index contributed by atoms with van der Waals surface area (Å²) in [5.74, 6) is -1.67. The number of rotatable bonds is 7. The van der Waals surface area contributed by atoms with Crippen LogP contribution in [0.2, 0.25) is 0 Å². The Morgan fingerprint density at radius 3 is 2.38 bits per heavy atom. The number of carbonyl (C=O) groups is 2. The minimum atomic E-state index is -1.32. The van der Waals surface area contributed by atoms with Gasteiger partial charge in [-0.2, -0.15) is 0 Å². The monoisotopic (exact) mass is 232 g/mol. The van der Waals surface area contributed by atoms with Gasteiger partial charge in [0, 0.05) is 0 Å². The van der Waals surface area contributed by atoms with Crippen molar-refractivity contribution in [1.29, 1.82) is 0 Å². The molecule has 0 aromatic heterocycles. The van der Waals surface area contributed by atoms with Crippen molar-refractivity contribution in [2.45, 2.75) is 26.3 Å². The maximum Gasteiger partial charge on any atom is 0.281 e. The molecular weight excluding hydrogens is 212 g/mol. The van der Waals surface area contributed by atoms with Gasteiger partial charge in [-0.05, 0) is 20.8 Å². The van der Waals surface area contributed by atoms with Crippen LogP contribution >= 0.6 is 0 Å². The highest BCUT2D eigenvalue weighted by atomic mass is 16.4. The lowest BCUT2D eigenvalue weighted by atomic mass is 10.0.